The average molecular weight is 186 g/mol. The summed E-state index contributed by atoms with van der Waals surface area (Å²) >= 11 is 0. The van der Waals surface area contributed by atoms with Crippen LogP contribution < -0.4 is 0 Å². The highest BCUT2D eigenvalue weighted by Gasteiger charge is 2.15. The van der Waals surface area contributed by atoms with Crippen LogP contribution in [0.25, 0.3) is 0 Å². The first-order valence-corrected chi connectivity index (χ1v) is 3.66. The van der Waals surface area contributed by atoms with Gasteiger partial charge in [-0.05, 0) is 12.1 Å². The van der Waals surface area contributed by atoms with Crippen LogP contribution in [0.2, 0.25) is 0 Å². The molecule has 5 heteroatoms. The summed E-state index contributed by atoms with van der Waals surface area (Å²) in [5, 5.41) is 17.7. The fourth-order valence-corrected chi connectivity index (χ4v) is 0.832. The van der Waals surface area contributed by atoms with Crippen molar-refractivity contribution in [2.45, 2.75) is 6.10 Å². The summed E-state index contributed by atoms with van der Waals surface area (Å²) in [6, 6.07) is 2.78. The number of carbonyl (C=O) groups is 1. The molecule has 72 valence electrons. The predicted octanol–water partition coefficient (Wildman–Crippen LogP) is 0.0919. The molecule has 1 aromatic heterocycles. The first-order chi connectivity index (χ1) is 6.19. The number of aliphatic hydroxyl groups is 2. The number of ether oxygens (including phenoxy) is 1. The summed E-state index contributed by atoms with van der Waals surface area (Å²) in [7, 11) is 1.23. The van der Waals surface area contributed by atoms with Gasteiger partial charge in [0.05, 0.1) is 13.7 Å². The molecule has 0 aliphatic rings. The Labute approximate surface area is 74.5 Å². The number of carbonyl (C=O) groups excluding carboxylic acids is 1. The minimum atomic E-state index is -1.10. The van der Waals surface area contributed by atoms with E-state index in [0.29, 0.717) is 0 Å². The molecule has 0 fully saturated rings. The second kappa shape index (κ2) is 4.06. The van der Waals surface area contributed by atoms with Crippen LogP contribution in [-0.4, -0.2) is 29.9 Å². The molecule has 13 heavy (non-hydrogen) atoms. The zero-order valence-corrected chi connectivity index (χ0v) is 7.06. The van der Waals surface area contributed by atoms with E-state index in [1.165, 1.54) is 19.2 Å². The number of esters is 1. The van der Waals surface area contributed by atoms with E-state index in [1.807, 2.05) is 0 Å². The van der Waals surface area contributed by atoms with Gasteiger partial charge >= 0.3 is 5.97 Å². The van der Waals surface area contributed by atoms with Crippen LogP contribution in [0.3, 0.4) is 0 Å². The van der Waals surface area contributed by atoms with Crippen molar-refractivity contribution < 1.29 is 24.2 Å². The number of hydrogen-bond donors (Lipinski definition) is 2. The van der Waals surface area contributed by atoms with Gasteiger partial charge in [0.2, 0.25) is 5.76 Å². The fourth-order valence-electron chi connectivity index (χ4n) is 0.832. The molecule has 1 aromatic rings. The van der Waals surface area contributed by atoms with Gasteiger partial charge in [0.15, 0.2) is 0 Å². The third kappa shape index (κ3) is 2.07. The maximum atomic E-state index is 10.9. The lowest BCUT2D eigenvalue weighted by Gasteiger charge is -2.01. The van der Waals surface area contributed by atoms with Crippen LogP contribution in [0.4, 0.5) is 0 Å². The van der Waals surface area contributed by atoms with Gasteiger partial charge in [-0.1, -0.05) is 0 Å². The Morgan fingerprint density at radius 1 is 1.69 bits per heavy atom. The third-order valence-corrected chi connectivity index (χ3v) is 1.51. The predicted molar refractivity (Wildman–Crippen MR) is 42.1 cm³/mol. The largest absolute Gasteiger partial charge is 0.463 e. The van der Waals surface area contributed by atoms with Gasteiger partial charge in [-0.25, -0.2) is 4.79 Å². The number of furan rings is 1. The molecule has 1 atom stereocenters. The molecule has 1 unspecified atom stereocenters. The normalized spacial score (nSPS) is 12.5. The summed E-state index contributed by atoms with van der Waals surface area (Å²) in [5.74, 6) is -0.468. The number of hydrogen-bond acceptors (Lipinski definition) is 5. The fraction of sp³-hybridized carbons (Fsp3) is 0.375. The second-order valence-corrected chi connectivity index (χ2v) is 2.39. The van der Waals surface area contributed by atoms with Crippen molar-refractivity contribution in [1.82, 2.24) is 0 Å². The summed E-state index contributed by atoms with van der Waals surface area (Å²) in [6.45, 7) is -0.450. The van der Waals surface area contributed by atoms with Crippen LogP contribution in [0, 0.1) is 0 Å². The topological polar surface area (TPSA) is 79.9 Å². The quantitative estimate of drug-likeness (QED) is 0.654. The van der Waals surface area contributed by atoms with Gasteiger partial charge in [0, 0.05) is 0 Å². The molecule has 0 saturated carbocycles. The van der Waals surface area contributed by atoms with E-state index in [0.717, 1.165) is 0 Å². The molecular formula is C8H10O5. The first kappa shape index (κ1) is 9.76. The Morgan fingerprint density at radius 3 is 2.92 bits per heavy atom. The number of rotatable bonds is 3. The highest BCUT2D eigenvalue weighted by atomic mass is 16.5. The Hall–Kier alpha value is -1.33. The highest BCUT2D eigenvalue weighted by molar-refractivity contribution is 5.86. The molecule has 0 aliphatic carbocycles. The van der Waals surface area contributed by atoms with Gasteiger partial charge < -0.3 is 19.4 Å². The van der Waals surface area contributed by atoms with Gasteiger partial charge in [-0.3, -0.25) is 0 Å². The van der Waals surface area contributed by atoms with Gasteiger partial charge in [-0.2, -0.15) is 0 Å². The average Bonchev–Trinajstić information content (AvgIpc) is 2.64. The molecule has 1 heterocycles. The van der Waals surface area contributed by atoms with E-state index < -0.39 is 18.7 Å². The molecule has 0 radical (unpaired) electrons. The minimum absolute atomic E-state index is 0.00463. The molecule has 0 aromatic carbocycles. The van der Waals surface area contributed by atoms with Crippen molar-refractivity contribution in [3.05, 3.63) is 23.7 Å². The van der Waals surface area contributed by atoms with E-state index in [4.69, 9.17) is 14.6 Å². The van der Waals surface area contributed by atoms with Crippen LogP contribution in [0.1, 0.15) is 22.4 Å². The van der Waals surface area contributed by atoms with E-state index in [-0.39, 0.29) is 11.5 Å². The monoisotopic (exact) mass is 186 g/mol. The number of aliphatic hydroxyl groups excluding tert-OH is 2. The maximum absolute atomic E-state index is 10.9. The van der Waals surface area contributed by atoms with Crippen molar-refractivity contribution in [3.63, 3.8) is 0 Å². The van der Waals surface area contributed by atoms with Gasteiger partial charge in [-0.15, -0.1) is 0 Å². The van der Waals surface area contributed by atoms with Crippen LogP contribution in [-0.2, 0) is 4.74 Å². The number of methoxy groups -OCH3 is 1. The SMILES string of the molecule is COC(=O)c1ccc(C(O)CO)o1. The summed E-state index contributed by atoms with van der Waals surface area (Å²) < 4.78 is 9.29. The zero-order chi connectivity index (χ0) is 9.84. The highest BCUT2D eigenvalue weighted by Crippen LogP contribution is 2.16. The van der Waals surface area contributed by atoms with Crippen molar-refractivity contribution in [2.75, 3.05) is 13.7 Å². The molecule has 5 nitrogen and oxygen atoms in total. The molecule has 0 amide bonds. The molecule has 2 N–H and O–H groups in total. The van der Waals surface area contributed by atoms with Crippen molar-refractivity contribution in [2.24, 2.45) is 0 Å². The van der Waals surface area contributed by atoms with Crippen LogP contribution >= 0.6 is 0 Å². The Bertz CT molecular complexity index is 290. The van der Waals surface area contributed by atoms with Crippen LogP contribution in [0.15, 0.2) is 16.5 Å². The molecular weight excluding hydrogens is 176 g/mol. The lowest BCUT2D eigenvalue weighted by atomic mass is 10.3. The smallest absolute Gasteiger partial charge is 0.373 e. The van der Waals surface area contributed by atoms with E-state index >= 15 is 0 Å². The van der Waals surface area contributed by atoms with Gasteiger partial charge in [0.1, 0.15) is 11.9 Å². The lowest BCUT2D eigenvalue weighted by Crippen LogP contribution is -2.01. The van der Waals surface area contributed by atoms with Crippen molar-refractivity contribution >= 4 is 5.97 Å². The van der Waals surface area contributed by atoms with E-state index in [9.17, 15) is 4.79 Å². The van der Waals surface area contributed by atoms with Crippen LogP contribution in [0.5, 0.6) is 0 Å². The Balaban J connectivity index is 2.80. The lowest BCUT2D eigenvalue weighted by molar-refractivity contribution is 0.0531. The van der Waals surface area contributed by atoms with E-state index in [2.05, 4.69) is 4.74 Å². The van der Waals surface area contributed by atoms with Gasteiger partial charge in [0.25, 0.3) is 0 Å². The summed E-state index contributed by atoms with van der Waals surface area (Å²) in [6.07, 6.45) is -1.10. The summed E-state index contributed by atoms with van der Waals surface area (Å²) in [5.41, 5.74) is 0. The summed E-state index contributed by atoms with van der Waals surface area (Å²) in [4.78, 5) is 10.9. The molecule has 0 bridgehead atoms. The van der Waals surface area contributed by atoms with Crippen molar-refractivity contribution in [3.8, 4) is 0 Å². The van der Waals surface area contributed by atoms with Crippen molar-refractivity contribution in [1.29, 1.82) is 0 Å². The second-order valence-electron chi connectivity index (χ2n) is 2.39. The van der Waals surface area contributed by atoms with E-state index in [1.54, 1.807) is 0 Å². The molecule has 0 aliphatic heterocycles. The molecule has 1 rings (SSSR count). The standard InChI is InChI=1S/C8H10O5/c1-12-8(11)7-3-2-6(13-7)5(10)4-9/h2-3,5,9-10H,4H2,1H3. The minimum Gasteiger partial charge on any atom is -0.463 e. The molecule has 0 saturated heterocycles. The molecule has 0 spiro atoms. The Morgan fingerprint density at radius 2 is 2.38 bits per heavy atom. The third-order valence-electron chi connectivity index (χ3n) is 1.51. The maximum Gasteiger partial charge on any atom is 0.373 e. The Kier molecular flexibility index (Phi) is 3.05. The zero-order valence-electron chi connectivity index (χ0n) is 7.06. The first-order valence-electron chi connectivity index (χ1n) is 3.66.